The van der Waals surface area contributed by atoms with Gasteiger partial charge in [0.2, 0.25) is 11.8 Å². The first-order valence-electron chi connectivity index (χ1n) is 9.53. The van der Waals surface area contributed by atoms with E-state index in [9.17, 15) is 9.59 Å². The van der Waals surface area contributed by atoms with Gasteiger partial charge in [0.25, 0.3) is 0 Å². The predicted molar refractivity (Wildman–Crippen MR) is 99.7 cm³/mol. The third-order valence-corrected chi connectivity index (χ3v) is 5.65. The normalized spacial score (nSPS) is 22.2. The summed E-state index contributed by atoms with van der Waals surface area (Å²) in [7, 11) is 1.67. The number of piperidine rings is 2. The standard InChI is InChI=1S/C20H29N3O3/c1-26-17-6-4-5-16(13-17)18-7-2-3-10-23(18)19(24)14-22-11-8-15(9-12-22)20(21)25/h4-6,13,15,18H,2-3,7-12,14H2,1H3,(H2,21,25). The minimum Gasteiger partial charge on any atom is -0.497 e. The van der Waals surface area contributed by atoms with Crippen LogP contribution < -0.4 is 10.5 Å². The van der Waals surface area contributed by atoms with Gasteiger partial charge in [-0.2, -0.15) is 0 Å². The van der Waals surface area contributed by atoms with Crippen molar-refractivity contribution in [2.24, 2.45) is 11.7 Å². The maximum absolute atomic E-state index is 13.0. The lowest BCUT2D eigenvalue weighted by Gasteiger charge is -2.38. The molecule has 1 unspecified atom stereocenters. The second kappa shape index (κ2) is 8.54. The molecule has 2 fully saturated rings. The summed E-state index contributed by atoms with van der Waals surface area (Å²) in [5.41, 5.74) is 6.54. The third kappa shape index (κ3) is 4.36. The first-order chi connectivity index (χ1) is 12.6. The van der Waals surface area contributed by atoms with Crippen molar-refractivity contribution in [1.82, 2.24) is 9.80 Å². The van der Waals surface area contributed by atoms with Crippen LogP contribution in [0.5, 0.6) is 5.75 Å². The van der Waals surface area contributed by atoms with Gasteiger partial charge in [-0.05, 0) is 62.9 Å². The molecular weight excluding hydrogens is 330 g/mol. The Bertz CT molecular complexity index is 641. The Hall–Kier alpha value is -2.08. The number of ether oxygens (including phenoxy) is 1. The molecule has 2 heterocycles. The summed E-state index contributed by atoms with van der Waals surface area (Å²) >= 11 is 0. The highest BCUT2D eigenvalue weighted by Gasteiger charge is 2.30. The smallest absolute Gasteiger partial charge is 0.237 e. The highest BCUT2D eigenvalue weighted by atomic mass is 16.5. The van der Waals surface area contributed by atoms with Gasteiger partial charge in [-0.1, -0.05) is 12.1 Å². The average molecular weight is 359 g/mol. The molecule has 0 bridgehead atoms. The van der Waals surface area contributed by atoms with E-state index >= 15 is 0 Å². The van der Waals surface area contributed by atoms with Crippen molar-refractivity contribution in [3.63, 3.8) is 0 Å². The van der Waals surface area contributed by atoms with Crippen LogP contribution in [0.1, 0.15) is 43.7 Å². The number of likely N-dealkylation sites (tertiary alicyclic amines) is 2. The second-order valence-corrected chi connectivity index (χ2v) is 7.33. The summed E-state index contributed by atoms with van der Waals surface area (Å²) in [6.45, 7) is 2.75. The maximum Gasteiger partial charge on any atom is 0.237 e. The van der Waals surface area contributed by atoms with Crippen LogP contribution in [0.3, 0.4) is 0 Å². The number of carbonyl (C=O) groups is 2. The molecule has 26 heavy (non-hydrogen) atoms. The number of nitrogens with zero attached hydrogens (tertiary/aromatic N) is 2. The number of benzene rings is 1. The fraction of sp³-hybridized carbons (Fsp3) is 0.600. The van der Waals surface area contributed by atoms with Gasteiger partial charge in [-0.25, -0.2) is 0 Å². The van der Waals surface area contributed by atoms with E-state index in [1.54, 1.807) is 7.11 Å². The van der Waals surface area contributed by atoms with Crippen LogP contribution in [0.15, 0.2) is 24.3 Å². The Morgan fingerprint density at radius 1 is 1.15 bits per heavy atom. The van der Waals surface area contributed by atoms with Crippen LogP contribution in [0.4, 0.5) is 0 Å². The first kappa shape index (κ1) is 18.7. The molecule has 0 radical (unpaired) electrons. The molecule has 2 aliphatic rings. The summed E-state index contributed by atoms with van der Waals surface area (Å²) in [5.74, 6) is 0.745. The number of carbonyl (C=O) groups excluding carboxylic acids is 2. The molecule has 142 valence electrons. The van der Waals surface area contributed by atoms with Gasteiger partial charge in [0.05, 0.1) is 19.7 Å². The minimum absolute atomic E-state index is 0.0409. The Labute approximate surface area is 155 Å². The SMILES string of the molecule is COc1cccc(C2CCCCN2C(=O)CN2CCC(C(N)=O)CC2)c1. The lowest BCUT2D eigenvalue weighted by Crippen LogP contribution is -2.47. The molecule has 6 heteroatoms. The van der Waals surface area contributed by atoms with E-state index in [-0.39, 0.29) is 23.8 Å². The van der Waals surface area contributed by atoms with Crippen molar-refractivity contribution < 1.29 is 14.3 Å². The van der Waals surface area contributed by atoms with Crippen molar-refractivity contribution in [3.8, 4) is 5.75 Å². The van der Waals surface area contributed by atoms with Crippen LogP contribution >= 0.6 is 0 Å². The molecule has 0 aromatic heterocycles. The quantitative estimate of drug-likeness (QED) is 0.872. The summed E-state index contributed by atoms with van der Waals surface area (Å²) in [6, 6.07) is 8.15. The zero-order valence-electron chi connectivity index (χ0n) is 15.5. The number of primary amides is 1. The van der Waals surface area contributed by atoms with Crippen molar-refractivity contribution in [3.05, 3.63) is 29.8 Å². The average Bonchev–Trinajstić information content (AvgIpc) is 2.68. The van der Waals surface area contributed by atoms with E-state index in [2.05, 4.69) is 11.0 Å². The Kier molecular flexibility index (Phi) is 6.14. The highest BCUT2D eigenvalue weighted by molar-refractivity contribution is 5.79. The van der Waals surface area contributed by atoms with Gasteiger partial charge < -0.3 is 15.4 Å². The fourth-order valence-electron chi connectivity index (χ4n) is 4.08. The molecule has 0 aliphatic carbocycles. The number of amides is 2. The van der Waals surface area contributed by atoms with E-state index in [0.29, 0.717) is 6.54 Å². The molecule has 2 amide bonds. The number of nitrogens with two attached hydrogens (primary N) is 1. The Morgan fingerprint density at radius 3 is 2.62 bits per heavy atom. The summed E-state index contributed by atoms with van der Waals surface area (Å²) in [4.78, 5) is 28.5. The second-order valence-electron chi connectivity index (χ2n) is 7.33. The zero-order valence-corrected chi connectivity index (χ0v) is 15.5. The number of methoxy groups -OCH3 is 1. The molecule has 1 aromatic carbocycles. The van der Waals surface area contributed by atoms with Gasteiger partial charge >= 0.3 is 0 Å². The van der Waals surface area contributed by atoms with Gasteiger partial charge in [0.1, 0.15) is 5.75 Å². The number of hydrogen-bond acceptors (Lipinski definition) is 4. The largest absolute Gasteiger partial charge is 0.497 e. The first-order valence-corrected chi connectivity index (χ1v) is 9.53. The van der Waals surface area contributed by atoms with E-state index in [0.717, 1.165) is 63.1 Å². The monoisotopic (exact) mass is 359 g/mol. The van der Waals surface area contributed by atoms with Crippen molar-refractivity contribution in [2.75, 3.05) is 33.3 Å². The van der Waals surface area contributed by atoms with Gasteiger partial charge in [-0.3, -0.25) is 14.5 Å². The lowest BCUT2D eigenvalue weighted by molar-refractivity contribution is -0.136. The summed E-state index contributed by atoms with van der Waals surface area (Å²) in [5, 5.41) is 0. The summed E-state index contributed by atoms with van der Waals surface area (Å²) < 4.78 is 5.34. The molecule has 2 aliphatic heterocycles. The lowest BCUT2D eigenvalue weighted by atomic mass is 9.94. The van der Waals surface area contributed by atoms with Gasteiger partial charge in [0.15, 0.2) is 0 Å². The molecule has 3 rings (SSSR count). The minimum atomic E-state index is -0.218. The van der Waals surface area contributed by atoms with E-state index in [1.165, 1.54) is 0 Å². The van der Waals surface area contributed by atoms with Gasteiger partial charge in [0, 0.05) is 12.5 Å². The van der Waals surface area contributed by atoms with Crippen molar-refractivity contribution >= 4 is 11.8 Å². The number of rotatable bonds is 5. The Balaban J connectivity index is 1.64. The van der Waals surface area contributed by atoms with E-state index in [1.807, 2.05) is 23.1 Å². The molecule has 0 saturated carbocycles. The van der Waals surface area contributed by atoms with Crippen LogP contribution in [0.25, 0.3) is 0 Å². The van der Waals surface area contributed by atoms with E-state index < -0.39 is 0 Å². The molecule has 1 aromatic rings. The predicted octanol–water partition coefficient (Wildman–Crippen LogP) is 1.95. The molecule has 1 atom stereocenters. The molecule has 2 N–H and O–H groups in total. The van der Waals surface area contributed by atoms with E-state index in [4.69, 9.17) is 10.5 Å². The number of hydrogen-bond donors (Lipinski definition) is 1. The molecule has 2 saturated heterocycles. The third-order valence-electron chi connectivity index (χ3n) is 5.65. The van der Waals surface area contributed by atoms with Gasteiger partial charge in [-0.15, -0.1) is 0 Å². The van der Waals surface area contributed by atoms with Crippen LogP contribution in [0.2, 0.25) is 0 Å². The fourth-order valence-corrected chi connectivity index (χ4v) is 4.08. The molecular formula is C20H29N3O3. The maximum atomic E-state index is 13.0. The van der Waals surface area contributed by atoms with Crippen molar-refractivity contribution in [1.29, 1.82) is 0 Å². The zero-order chi connectivity index (χ0) is 18.5. The summed E-state index contributed by atoms with van der Waals surface area (Å²) in [6.07, 6.45) is 4.68. The van der Waals surface area contributed by atoms with Crippen molar-refractivity contribution in [2.45, 2.75) is 38.1 Å². The molecule has 0 spiro atoms. The Morgan fingerprint density at radius 2 is 1.92 bits per heavy atom. The topological polar surface area (TPSA) is 75.9 Å². The van der Waals surface area contributed by atoms with Crippen LogP contribution in [-0.2, 0) is 9.59 Å². The van der Waals surface area contributed by atoms with Crippen LogP contribution in [-0.4, -0.2) is 54.9 Å². The molecule has 6 nitrogen and oxygen atoms in total. The van der Waals surface area contributed by atoms with Crippen LogP contribution in [0, 0.1) is 5.92 Å². The highest BCUT2D eigenvalue weighted by Crippen LogP contribution is 2.32.